The summed E-state index contributed by atoms with van der Waals surface area (Å²) in [5.74, 6) is 0. The summed E-state index contributed by atoms with van der Waals surface area (Å²) in [5, 5.41) is 6.84. The molecule has 0 aliphatic rings. The van der Waals surface area contributed by atoms with Gasteiger partial charge in [-0.1, -0.05) is 23.7 Å². The quantitative estimate of drug-likeness (QED) is 0.738. The van der Waals surface area contributed by atoms with Crippen molar-refractivity contribution in [2.75, 3.05) is 23.7 Å². The molecule has 0 amide bonds. The fourth-order valence-corrected chi connectivity index (χ4v) is 2.18. The van der Waals surface area contributed by atoms with E-state index in [-0.39, 0.29) is 0 Å². The number of hydrogen-bond acceptors (Lipinski definition) is 2. The largest absolute Gasteiger partial charge is 0.416 e. The second kappa shape index (κ2) is 6.92. The standard InChI is InChI=1S/C16H16ClF3N2/c1-11-14(17)6-3-7-15(11)22-9-8-21-13-5-2-4-12(10-13)16(18,19)20/h2-7,10,21-22H,8-9H2,1H3. The second-order valence-electron chi connectivity index (χ2n) is 4.84. The summed E-state index contributed by atoms with van der Waals surface area (Å²) in [4.78, 5) is 0. The van der Waals surface area contributed by atoms with Crippen LogP contribution in [0.1, 0.15) is 11.1 Å². The van der Waals surface area contributed by atoms with Crippen molar-refractivity contribution >= 4 is 23.0 Å². The monoisotopic (exact) mass is 328 g/mol. The normalized spacial score (nSPS) is 11.3. The third kappa shape index (κ3) is 4.31. The first kappa shape index (κ1) is 16.5. The van der Waals surface area contributed by atoms with Gasteiger partial charge in [0.1, 0.15) is 0 Å². The highest BCUT2D eigenvalue weighted by Crippen LogP contribution is 2.30. The molecule has 0 atom stereocenters. The summed E-state index contributed by atoms with van der Waals surface area (Å²) >= 11 is 6.02. The molecule has 0 unspecified atom stereocenters. The molecule has 0 aromatic heterocycles. The van der Waals surface area contributed by atoms with Gasteiger partial charge in [0.05, 0.1) is 5.56 Å². The third-order valence-electron chi connectivity index (χ3n) is 3.23. The molecule has 6 heteroatoms. The molecule has 2 aromatic rings. The molecule has 2 N–H and O–H groups in total. The van der Waals surface area contributed by atoms with E-state index in [4.69, 9.17) is 11.6 Å². The predicted molar refractivity (Wildman–Crippen MR) is 84.6 cm³/mol. The van der Waals surface area contributed by atoms with Crippen molar-refractivity contribution in [2.45, 2.75) is 13.1 Å². The first-order chi connectivity index (χ1) is 10.4. The molecule has 2 aromatic carbocycles. The molecule has 0 aliphatic heterocycles. The molecule has 0 saturated heterocycles. The topological polar surface area (TPSA) is 24.1 Å². The summed E-state index contributed by atoms with van der Waals surface area (Å²) in [6.45, 7) is 2.97. The summed E-state index contributed by atoms with van der Waals surface area (Å²) in [6.07, 6.45) is -4.33. The smallest absolute Gasteiger partial charge is 0.383 e. The van der Waals surface area contributed by atoms with Gasteiger partial charge in [0, 0.05) is 29.5 Å². The molecular weight excluding hydrogens is 313 g/mol. The first-order valence-corrected chi connectivity index (χ1v) is 7.16. The lowest BCUT2D eigenvalue weighted by atomic mass is 10.2. The predicted octanol–water partition coefficient (Wildman–Crippen LogP) is 5.19. The van der Waals surface area contributed by atoms with Gasteiger partial charge in [-0.3, -0.25) is 0 Å². The molecule has 0 heterocycles. The van der Waals surface area contributed by atoms with Gasteiger partial charge in [0.25, 0.3) is 0 Å². The van der Waals surface area contributed by atoms with E-state index in [1.54, 1.807) is 6.07 Å². The van der Waals surface area contributed by atoms with Crippen molar-refractivity contribution in [1.29, 1.82) is 0 Å². The van der Waals surface area contributed by atoms with Crippen LogP contribution in [0.3, 0.4) is 0 Å². The van der Waals surface area contributed by atoms with Crippen molar-refractivity contribution in [3.8, 4) is 0 Å². The number of nitrogens with one attached hydrogen (secondary N) is 2. The summed E-state index contributed by atoms with van der Waals surface area (Å²) < 4.78 is 37.8. The van der Waals surface area contributed by atoms with Gasteiger partial charge in [-0.25, -0.2) is 0 Å². The fraction of sp³-hybridized carbons (Fsp3) is 0.250. The number of rotatable bonds is 5. The summed E-state index contributed by atoms with van der Waals surface area (Å²) in [5.41, 5.74) is 1.65. The van der Waals surface area contributed by atoms with Crippen LogP contribution < -0.4 is 10.6 Å². The third-order valence-corrected chi connectivity index (χ3v) is 3.64. The molecule has 0 radical (unpaired) electrons. The number of hydrogen-bond donors (Lipinski definition) is 2. The van der Waals surface area contributed by atoms with Gasteiger partial charge >= 0.3 is 6.18 Å². The van der Waals surface area contributed by atoms with Crippen LogP contribution in [-0.4, -0.2) is 13.1 Å². The number of anilines is 2. The van der Waals surface area contributed by atoms with Crippen LogP contribution in [0, 0.1) is 6.92 Å². The molecule has 0 spiro atoms. The molecule has 118 valence electrons. The van der Waals surface area contributed by atoms with E-state index in [0.717, 1.165) is 23.4 Å². The van der Waals surface area contributed by atoms with Crippen molar-refractivity contribution in [3.05, 3.63) is 58.6 Å². The lowest BCUT2D eigenvalue weighted by molar-refractivity contribution is -0.137. The number of halogens is 4. The highest BCUT2D eigenvalue weighted by molar-refractivity contribution is 6.31. The van der Waals surface area contributed by atoms with Crippen LogP contribution in [0.4, 0.5) is 24.5 Å². The van der Waals surface area contributed by atoms with Gasteiger partial charge in [-0.2, -0.15) is 13.2 Å². The maximum absolute atomic E-state index is 12.6. The van der Waals surface area contributed by atoms with Crippen LogP contribution in [0.15, 0.2) is 42.5 Å². The minimum Gasteiger partial charge on any atom is -0.383 e. The zero-order valence-corrected chi connectivity index (χ0v) is 12.7. The van der Waals surface area contributed by atoms with E-state index in [1.165, 1.54) is 6.07 Å². The van der Waals surface area contributed by atoms with Crippen LogP contribution in [0.2, 0.25) is 5.02 Å². The fourth-order valence-electron chi connectivity index (χ4n) is 2.01. The molecule has 0 bridgehead atoms. The average molecular weight is 329 g/mol. The van der Waals surface area contributed by atoms with Gasteiger partial charge < -0.3 is 10.6 Å². The Kier molecular flexibility index (Phi) is 5.19. The Morgan fingerprint density at radius 1 is 1.00 bits per heavy atom. The van der Waals surface area contributed by atoms with E-state index >= 15 is 0 Å². The SMILES string of the molecule is Cc1c(Cl)cccc1NCCNc1cccc(C(F)(F)F)c1. The highest BCUT2D eigenvalue weighted by atomic mass is 35.5. The second-order valence-corrected chi connectivity index (χ2v) is 5.25. The van der Waals surface area contributed by atoms with E-state index in [9.17, 15) is 13.2 Å². The zero-order chi connectivity index (χ0) is 16.2. The molecule has 22 heavy (non-hydrogen) atoms. The number of alkyl halides is 3. The van der Waals surface area contributed by atoms with E-state index in [1.807, 2.05) is 25.1 Å². The lowest BCUT2D eigenvalue weighted by Gasteiger charge is -2.13. The van der Waals surface area contributed by atoms with Gasteiger partial charge in [0.2, 0.25) is 0 Å². The minimum atomic E-state index is -4.33. The van der Waals surface area contributed by atoms with E-state index < -0.39 is 11.7 Å². The summed E-state index contributed by atoms with van der Waals surface area (Å²) in [7, 11) is 0. The van der Waals surface area contributed by atoms with Crippen LogP contribution >= 0.6 is 11.6 Å². The van der Waals surface area contributed by atoms with Crippen LogP contribution in [0.25, 0.3) is 0 Å². The molecule has 2 nitrogen and oxygen atoms in total. The van der Waals surface area contributed by atoms with Crippen molar-refractivity contribution < 1.29 is 13.2 Å². The Balaban J connectivity index is 1.88. The van der Waals surface area contributed by atoms with Crippen molar-refractivity contribution in [3.63, 3.8) is 0 Å². The molecule has 0 fully saturated rings. The maximum Gasteiger partial charge on any atom is 0.416 e. The van der Waals surface area contributed by atoms with Crippen LogP contribution in [-0.2, 0) is 6.18 Å². The van der Waals surface area contributed by atoms with Gasteiger partial charge in [-0.05, 0) is 42.8 Å². The Hall–Kier alpha value is -1.88. The summed E-state index contributed by atoms with van der Waals surface area (Å²) in [6, 6.07) is 10.7. The molecule has 2 rings (SSSR count). The van der Waals surface area contributed by atoms with Crippen molar-refractivity contribution in [2.24, 2.45) is 0 Å². The van der Waals surface area contributed by atoms with E-state index in [0.29, 0.717) is 23.8 Å². The zero-order valence-electron chi connectivity index (χ0n) is 12.0. The molecule has 0 saturated carbocycles. The average Bonchev–Trinajstić information content (AvgIpc) is 2.47. The molecular formula is C16H16ClF3N2. The Morgan fingerprint density at radius 2 is 1.68 bits per heavy atom. The van der Waals surface area contributed by atoms with Crippen molar-refractivity contribution in [1.82, 2.24) is 0 Å². The Morgan fingerprint density at radius 3 is 2.41 bits per heavy atom. The van der Waals surface area contributed by atoms with Gasteiger partial charge in [0.15, 0.2) is 0 Å². The van der Waals surface area contributed by atoms with E-state index in [2.05, 4.69) is 10.6 Å². The minimum absolute atomic E-state index is 0.444. The van der Waals surface area contributed by atoms with Crippen LogP contribution in [0.5, 0.6) is 0 Å². The maximum atomic E-state index is 12.6. The Labute approximate surface area is 132 Å². The first-order valence-electron chi connectivity index (χ1n) is 6.78. The number of benzene rings is 2. The lowest BCUT2D eigenvalue weighted by Crippen LogP contribution is -2.14. The Bertz CT molecular complexity index is 642. The molecule has 0 aliphatic carbocycles. The van der Waals surface area contributed by atoms with Gasteiger partial charge in [-0.15, -0.1) is 0 Å². The highest BCUT2D eigenvalue weighted by Gasteiger charge is 2.30.